The summed E-state index contributed by atoms with van der Waals surface area (Å²) in [4.78, 5) is 8.44. The van der Waals surface area contributed by atoms with Gasteiger partial charge in [0.05, 0.1) is 6.54 Å². The number of aliphatic imine (C=N–C) groups is 1. The van der Waals surface area contributed by atoms with Gasteiger partial charge in [-0.15, -0.1) is 0 Å². The number of hydrogen-bond donors (Lipinski definition) is 1. The molecule has 3 nitrogen and oxygen atoms in total. The van der Waals surface area contributed by atoms with Gasteiger partial charge in [-0.1, -0.05) is 24.8 Å². The maximum atomic E-state index is 4.38. The monoisotopic (exact) mass is 207 g/mol. The van der Waals surface area contributed by atoms with Crippen LogP contribution in [0.25, 0.3) is 0 Å². The average molecular weight is 207 g/mol. The predicted octanol–water partition coefficient (Wildman–Crippen LogP) is 1.66. The molecular weight excluding hydrogens is 194 g/mol. The van der Waals surface area contributed by atoms with E-state index in [1.165, 1.54) is 5.56 Å². The van der Waals surface area contributed by atoms with Gasteiger partial charge in [0, 0.05) is 24.2 Å². The first-order valence-electron chi connectivity index (χ1n) is 4.68. The second kappa shape index (κ2) is 4.46. The average Bonchev–Trinajstić information content (AvgIpc) is 2.63. The molecule has 1 aromatic rings. The Kier molecular flexibility index (Phi) is 3.03. The van der Waals surface area contributed by atoms with E-state index in [1.54, 1.807) is 18.0 Å². The van der Waals surface area contributed by atoms with Gasteiger partial charge in [0.1, 0.15) is 0 Å². The van der Waals surface area contributed by atoms with Crippen molar-refractivity contribution >= 4 is 16.9 Å². The van der Waals surface area contributed by atoms with Gasteiger partial charge in [-0.25, -0.2) is 0 Å². The maximum absolute atomic E-state index is 4.38. The van der Waals surface area contributed by atoms with Crippen molar-refractivity contribution in [3.05, 3.63) is 30.1 Å². The highest BCUT2D eigenvalue weighted by Crippen LogP contribution is 2.18. The third-order valence-corrected chi connectivity index (χ3v) is 3.02. The van der Waals surface area contributed by atoms with Crippen LogP contribution in [-0.4, -0.2) is 21.9 Å². The fourth-order valence-electron chi connectivity index (χ4n) is 1.25. The van der Waals surface area contributed by atoms with E-state index in [0.29, 0.717) is 5.25 Å². The highest BCUT2D eigenvalue weighted by molar-refractivity contribution is 8.14. The van der Waals surface area contributed by atoms with Crippen molar-refractivity contribution in [3.8, 4) is 0 Å². The number of amidine groups is 1. The SMILES string of the molecule is C[C@H]1CN=C(NCc2cccnc2)S1. The Morgan fingerprint density at radius 1 is 1.64 bits per heavy atom. The topological polar surface area (TPSA) is 37.3 Å². The smallest absolute Gasteiger partial charge is 0.157 e. The molecule has 1 N–H and O–H groups in total. The number of rotatable bonds is 2. The number of nitrogens with zero attached hydrogens (tertiary/aromatic N) is 2. The largest absolute Gasteiger partial charge is 0.361 e. The molecule has 0 spiro atoms. The zero-order chi connectivity index (χ0) is 9.80. The molecule has 0 unspecified atom stereocenters. The molecule has 2 rings (SSSR count). The van der Waals surface area contributed by atoms with Crippen LogP contribution in [0.5, 0.6) is 0 Å². The third-order valence-electron chi connectivity index (χ3n) is 1.97. The van der Waals surface area contributed by atoms with E-state index in [4.69, 9.17) is 0 Å². The molecular formula is C10H13N3S. The summed E-state index contributed by atoms with van der Waals surface area (Å²) in [6.07, 6.45) is 3.66. The van der Waals surface area contributed by atoms with Gasteiger partial charge in [-0.2, -0.15) is 0 Å². The van der Waals surface area contributed by atoms with Gasteiger partial charge < -0.3 is 5.32 Å². The van der Waals surface area contributed by atoms with Crippen LogP contribution < -0.4 is 5.32 Å². The van der Waals surface area contributed by atoms with Crippen molar-refractivity contribution in [1.82, 2.24) is 10.3 Å². The molecule has 1 aromatic heterocycles. The Bertz CT molecular complexity index is 323. The number of thioether (sulfide) groups is 1. The number of aromatic nitrogens is 1. The van der Waals surface area contributed by atoms with Gasteiger partial charge in [0.2, 0.25) is 0 Å². The number of hydrogen-bond acceptors (Lipinski definition) is 4. The molecule has 1 atom stereocenters. The lowest BCUT2D eigenvalue weighted by Gasteiger charge is -2.05. The summed E-state index contributed by atoms with van der Waals surface area (Å²) in [5.74, 6) is 0. The fourth-order valence-corrected chi connectivity index (χ4v) is 2.09. The summed E-state index contributed by atoms with van der Waals surface area (Å²) >= 11 is 1.80. The normalized spacial score (nSPS) is 20.6. The fraction of sp³-hybridized carbons (Fsp3) is 0.400. The first kappa shape index (κ1) is 9.52. The number of nitrogens with one attached hydrogen (secondary N) is 1. The molecule has 0 saturated carbocycles. The van der Waals surface area contributed by atoms with Crippen LogP contribution in [0.2, 0.25) is 0 Å². The van der Waals surface area contributed by atoms with Gasteiger partial charge in [-0.05, 0) is 11.6 Å². The summed E-state index contributed by atoms with van der Waals surface area (Å²) in [6.45, 7) is 3.93. The van der Waals surface area contributed by atoms with Gasteiger partial charge in [0.25, 0.3) is 0 Å². The maximum Gasteiger partial charge on any atom is 0.157 e. The highest BCUT2D eigenvalue weighted by atomic mass is 32.2. The summed E-state index contributed by atoms with van der Waals surface area (Å²) in [7, 11) is 0. The summed E-state index contributed by atoms with van der Waals surface area (Å²) in [5, 5.41) is 4.98. The van der Waals surface area contributed by atoms with Crippen LogP contribution in [0.15, 0.2) is 29.5 Å². The van der Waals surface area contributed by atoms with Gasteiger partial charge >= 0.3 is 0 Å². The minimum absolute atomic E-state index is 0.617. The standard InChI is InChI=1S/C10H13N3S/c1-8-5-12-10(14-8)13-7-9-3-2-4-11-6-9/h2-4,6,8H,5,7H2,1H3,(H,12,13)/t8-/m0/s1. The molecule has 0 fully saturated rings. The molecule has 0 radical (unpaired) electrons. The second-order valence-corrected chi connectivity index (χ2v) is 4.72. The van der Waals surface area contributed by atoms with E-state index in [1.807, 2.05) is 12.3 Å². The Labute approximate surface area is 88.0 Å². The van der Waals surface area contributed by atoms with E-state index >= 15 is 0 Å². The van der Waals surface area contributed by atoms with Crippen molar-refractivity contribution < 1.29 is 0 Å². The summed E-state index contributed by atoms with van der Waals surface area (Å²) < 4.78 is 0. The molecule has 74 valence electrons. The Morgan fingerprint density at radius 2 is 2.57 bits per heavy atom. The van der Waals surface area contributed by atoms with Crippen LogP contribution in [0.1, 0.15) is 12.5 Å². The lowest BCUT2D eigenvalue weighted by Crippen LogP contribution is -2.18. The molecule has 4 heteroatoms. The van der Waals surface area contributed by atoms with Crippen LogP contribution in [0.3, 0.4) is 0 Å². The number of pyridine rings is 1. The van der Waals surface area contributed by atoms with E-state index in [-0.39, 0.29) is 0 Å². The molecule has 0 aliphatic carbocycles. The van der Waals surface area contributed by atoms with Crippen LogP contribution in [0.4, 0.5) is 0 Å². The minimum Gasteiger partial charge on any atom is -0.361 e. The van der Waals surface area contributed by atoms with Crippen LogP contribution in [-0.2, 0) is 6.54 Å². The minimum atomic E-state index is 0.617. The van der Waals surface area contributed by atoms with Crippen molar-refractivity contribution in [2.45, 2.75) is 18.7 Å². The van der Waals surface area contributed by atoms with E-state index in [2.05, 4.69) is 28.3 Å². The van der Waals surface area contributed by atoms with Gasteiger partial charge in [-0.3, -0.25) is 9.98 Å². The van der Waals surface area contributed by atoms with E-state index in [0.717, 1.165) is 18.3 Å². The molecule has 0 bridgehead atoms. The Balaban J connectivity index is 1.84. The van der Waals surface area contributed by atoms with Crippen molar-refractivity contribution in [1.29, 1.82) is 0 Å². The molecule has 0 aromatic carbocycles. The lowest BCUT2D eigenvalue weighted by molar-refractivity contribution is 0.906. The molecule has 0 amide bonds. The second-order valence-electron chi connectivity index (χ2n) is 3.29. The quantitative estimate of drug-likeness (QED) is 0.801. The highest BCUT2D eigenvalue weighted by Gasteiger charge is 2.13. The van der Waals surface area contributed by atoms with E-state index in [9.17, 15) is 0 Å². The molecule has 0 saturated heterocycles. The van der Waals surface area contributed by atoms with E-state index < -0.39 is 0 Å². The van der Waals surface area contributed by atoms with Crippen LogP contribution >= 0.6 is 11.8 Å². The first-order chi connectivity index (χ1) is 6.84. The molecule has 2 heterocycles. The lowest BCUT2D eigenvalue weighted by atomic mass is 10.3. The molecule has 1 aliphatic heterocycles. The first-order valence-corrected chi connectivity index (χ1v) is 5.56. The van der Waals surface area contributed by atoms with Crippen molar-refractivity contribution in [2.75, 3.05) is 6.54 Å². The zero-order valence-corrected chi connectivity index (χ0v) is 8.92. The summed E-state index contributed by atoms with van der Waals surface area (Å²) in [5.41, 5.74) is 1.19. The van der Waals surface area contributed by atoms with Crippen LogP contribution in [0, 0.1) is 0 Å². The third kappa shape index (κ3) is 2.48. The predicted molar refractivity (Wildman–Crippen MR) is 60.4 cm³/mol. The van der Waals surface area contributed by atoms with Gasteiger partial charge in [0.15, 0.2) is 5.17 Å². The zero-order valence-electron chi connectivity index (χ0n) is 8.10. The molecule has 14 heavy (non-hydrogen) atoms. The van der Waals surface area contributed by atoms with Crippen molar-refractivity contribution in [2.24, 2.45) is 4.99 Å². The Morgan fingerprint density at radius 3 is 3.21 bits per heavy atom. The molecule has 1 aliphatic rings. The van der Waals surface area contributed by atoms with Crippen molar-refractivity contribution in [3.63, 3.8) is 0 Å². The Hall–Kier alpha value is -1.03. The summed E-state index contributed by atoms with van der Waals surface area (Å²) in [6, 6.07) is 4.01.